The molecular formula is C22H18Cl3NO. The molecule has 27 heavy (non-hydrogen) atoms. The van der Waals surface area contributed by atoms with Crippen molar-refractivity contribution in [3.8, 4) is 5.75 Å². The fourth-order valence-electron chi connectivity index (χ4n) is 2.50. The maximum absolute atomic E-state index is 6.22. The molecular weight excluding hydrogens is 401 g/mol. The van der Waals surface area contributed by atoms with Crippen molar-refractivity contribution in [3.63, 3.8) is 0 Å². The third kappa shape index (κ3) is 5.26. The summed E-state index contributed by atoms with van der Waals surface area (Å²) in [6, 6.07) is 16.9. The van der Waals surface area contributed by atoms with Gasteiger partial charge in [0.15, 0.2) is 0 Å². The molecule has 0 saturated heterocycles. The van der Waals surface area contributed by atoms with E-state index in [-0.39, 0.29) is 0 Å². The smallest absolute Gasteiger partial charge is 0.128 e. The molecule has 0 spiro atoms. The lowest BCUT2D eigenvalue weighted by Gasteiger charge is -2.11. The monoisotopic (exact) mass is 417 g/mol. The van der Waals surface area contributed by atoms with Crippen LogP contribution in [0.5, 0.6) is 5.75 Å². The highest BCUT2D eigenvalue weighted by atomic mass is 35.5. The molecule has 0 amide bonds. The molecule has 2 nitrogen and oxygen atoms in total. The van der Waals surface area contributed by atoms with Gasteiger partial charge in [0, 0.05) is 32.4 Å². The molecule has 5 heteroatoms. The zero-order valence-corrected chi connectivity index (χ0v) is 17.2. The number of ether oxygens (including phenoxy) is 1. The van der Waals surface area contributed by atoms with Crippen molar-refractivity contribution in [2.45, 2.75) is 20.5 Å². The lowest BCUT2D eigenvalue weighted by atomic mass is 10.1. The quantitative estimate of drug-likeness (QED) is 0.391. The van der Waals surface area contributed by atoms with Crippen molar-refractivity contribution in [1.82, 2.24) is 0 Å². The molecule has 0 N–H and O–H groups in total. The van der Waals surface area contributed by atoms with Gasteiger partial charge in [-0.3, -0.25) is 4.99 Å². The number of aliphatic imine (C=N–C) groups is 1. The Balaban J connectivity index is 1.82. The van der Waals surface area contributed by atoms with Crippen molar-refractivity contribution in [2.75, 3.05) is 0 Å². The number of hydrogen-bond donors (Lipinski definition) is 0. The molecule has 0 aromatic heterocycles. The number of benzene rings is 3. The van der Waals surface area contributed by atoms with Crippen LogP contribution in [-0.2, 0) is 6.61 Å². The number of aryl methyl sites for hydroxylation is 2. The summed E-state index contributed by atoms with van der Waals surface area (Å²) in [7, 11) is 0. The predicted molar refractivity (Wildman–Crippen MR) is 115 cm³/mol. The molecule has 0 unspecified atom stereocenters. The summed E-state index contributed by atoms with van der Waals surface area (Å²) in [5, 5.41) is 1.78. The average Bonchev–Trinajstić information content (AvgIpc) is 2.63. The van der Waals surface area contributed by atoms with Gasteiger partial charge in [-0.15, -0.1) is 0 Å². The third-order valence-electron chi connectivity index (χ3n) is 4.21. The summed E-state index contributed by atoms with van der Waals surface area (Å²) in [6.07, 6.45) is 1.76. The highest BCUT2D eigenvalue weighted by Crippen LogP contribution is 2.26. The summed E-state index contributed by atoms with van der Waals surface area (Å²) in [5.74, 6) is 0.679. The van der Waals surface area contributed by atoms with E-state index < -0.39 is 0 Å². The van der Waals surface area contributed by atoms with Crippen LogP contribution in [0.25, 0.3) is 0 Å². The Bertz CT molecular complexity index is 999. The van der Waals surface area contributed by atoms with Crippen LogP contribution in [0.3, 0.4) is 0 Å². The Labute approximate surface area is 174 Å². The van der Waals surface area contributed by atoms with E-state index in [0.29, 0.717) is 27.4 Å². The second-order valence-electron chi connectivity index (χ2n) is 6.23. The Hall–Kier alpha value is -2.00. The Morgan fingerprint density at radius 1 is 0.852 bits per heavy atom. The van der Waals surface area contributed by atoms with Crippen LogP contribution in [0.2, 0.25) is 15.1 Å². The van der Waals surface area contributed by atoms with Gasteiger partial charge in [-0.05, 0) is 67.4 Å². The van der Waals surface area contributed by atoms with Gasteiger partial charge in [-0.1, -0.05) is 46.9 Å². The van der Waals surface area contributed by atoms with E-state index >= 15 is 0 Å². The van der Waals surface area contributed by atoms with Crippen LogP contribution in [0, 0.1) is 13.8 Å². The molecule has 138 valence electrons. The molecule has 0 radical (unpaired) electrons. The fourth-order valence-corrected chi connectivity index (χ4v) is 3.14. The number of halogens is 3. The van der Waals surface area contributed by atoms with E-state index in [1.54, 1.807) is 24.4 Å². The molecule has 0 bridgehead atoms. The molecule has 0 aliphatic rings. The van der Waals surface area contributed by atoms with Crippen LogP contribution in [0.4, 0.5) is 5.69 Å². The van der Waals surface area contributed by atoms with Gasteiger partial charge in [0.25, 0.3) is 0 Å². The Morgan fingerprint density at radius 3 is 2.33 bits per heavy atom. The summed E-state index contributed by atoms with van der Waals surface area (Å²) in [6.45, 7) is 4.47. The summed E-state index contributed by atoms with van der Waals surface area (Å²) < 4.78 is 5.95. The van der Waals surface area contributed by atoms with Gasteiger partial charge >= 0.3 is 0 Å². The number of nitrogens with zero attached hydrogens (tertiary/aromatic N) is 1. The first-order valence-electron chi connectivity index (χ1n) is 8.40. The normalized spacial score (nSPS) is 11.1. The third-order valence-corrected chi connectivity index (χ3v) is 5.04. The molecule has 0 saturated carbocycles. The molecule has 0 atom stereocenters. The van der Waals surface area contributed by atoms with Crippen molar-refractivity contribution in [2.24, 2.45) is 4.99 Å². The van der Waals surface area contributed by atoms with E-state index in [1.165, 1.54) is 11.1 Å². The van der Waals surface area contributed by atoms with Crippen LogP contribution in [-0.4, -0.2) is 6.21 Å². The zero-order valence-electron chi connectivity index (χ0n) is 15.0. The van der Waals surface area contributed by atoms with Gasteiger partial charge in [-0.25, -0.2) is 0 Å². The molecule has 0 aliphatic heterocycles. The molecule has 0 heterocycles. The minimum Gasteiger partial charge on any atom is -0.488 e. The summed E-state index contributed by atoms with van der Waals surface area (Å²) in [5.41, 5.74) is 4.97. The van der Waals surface area contributed by atoms with Gasteiger partial charge in [0.1, 0.15) is 12.4 Å². The van der Waals surface area contributed by atoms with Gasteiger partial charge in [0.05, 0.1) is 5.69 Å². The van der Waals surface area contributed by atoms with E-state index in [0.717, 1.165) is 16.8 Å². The first kappa shape index (κ1) is 19.8. The summed E-state index contributed by atoms with van der Waals surface area (Å²) in [4.78, 5) is 4.56. The lowest BCUT2D eigenvalue weighted by molar-refractivity contribution is 0.306. The van der Waals surface area contributed by atoms with Gasteiger partial charge in [0.2, 0.25) is 0 Å². The van der Waals surface area contributed by atoms with Crippen LogP contribution in [0.1, 0.15) is 22.3 Å². The molecule has 0 aliphatic carbocycles. The second-order valence-corrected chi connectivity index (χ2v) is 7.51. The van der Waals surface area contributed by atoms with Crippen molar-refractivity contribution < 1.29 is 4.74 Å². The maximum atomic E-state index is 6.22. The van der Waals surface area contributed by atoms with Crippen molar-refractivity contribution in [3.05, 3.63) is 91.9 Å². The first-order valence-corrected chi connectivity index (χ1v) is 9.53. The molecule has 3 aromatic rings. The van der Waals surface area contributed by atoms with Crippen LogP contribution >= 0.6 is 34.8 Å². The average molecular weight is 419 g/mol. The Morgan fingerprint density at radius 2 is 1.59 bits per heavy atom. The van der Waals surface area contributed by atoms with Gasteiger partial charge in [-0.2, -0.15) is 0 Å². The number of hydrogen-bond acceptors (Lipinski definition) is 2. The topological polar surface area (TPSA) is 21.6 Å². The molecule has 3 aromatic carbocycles. The highest BCUT2D eigenvalue weighted by molar-refractivity contribution is 6.35. The predicted octanol–water partition coefficient (Wildman–Crippen LogP) is 7.59. The van der Waals surface area contributed by atoms with Gasteiger partial charge < -0.3 is 4.74 Å². The minimum absolute atomic E-state index is 0.322. The Kier molecular flexibility index (Phi) is 6.43. The maximum Gasteiger partial charge on any atom is 0.128 e. The van der Waals surface area contributed by atoms with Crippen molar-refractivity contribution in [1.29, 1.82) is 0 Å². The number of rotatable bonds is 5. The van der Waals surface area contributed by atoms with E-state index in [9.17, 15) is 0 Å². The summed E-state index contributed by atoms with van der Waals surface area (Å²) >= 11 is 18.3. The minimum atomic E-state index is 0.322. The standard InChI is InChI=1S/C22H18Cl3NO/c1-14-3-7-20(9-15(14)2)26-12-17-10-18(23)6-8-22(17)27-13-16-4-5-19(24)11-21(16)25/h3-12H,13H2,1-2H3. The molecule has 0 fully saturated rings. The largest absolute Gasteiger partial charge is 0.488 e. The van der Waals surface area contributed by atoms with E-state index in [2.05, 4.69) is 24.9 Å². The lowest BCUT2D eigenvalue weighted by Crippen LogP contribution is -1.99. The zero-order chi connectivity index (χ0) is 19.4. The van der Waals surface area contributed by atoms with Crippen molar-refractivity contribution >= 4 is 46.7 Å². The SMILES string of the molecule is Cc1ccc(N=Cc2cc(Cl)ccc2OCc2ccc(Cl)cc2Cl)cc1C. The second kappa shape index (κ2) is 8.79. The van der Waals surface area contributed by atoms with E-state index in [4.69, 9.17) is 39.5 Å². The first-order chi connectivity index (χ1) is 12.9. The van der Waals surface area contributed by atoms with Crippen LogP contribution in [0.15, 0.2) is 59.6 Å². The fraction of sp³-hybridized carbons (Fsp3) is 0.136. The molecule has 3 rings (SSSR count). The van der Waals surface area contributed by atoms with E-state index in [1.807, 2.05) is 30.3 Å². The van der Waals surface area contributed by atoms with Crippen LogP contribution < -0.4 is 4.74 Å². The highest BCUT2D eigenvalue weighted by Gasteiger charge is 2.07.